The fourth-order valence-electron chi connectivity index (χ4n) is 2.40. The summed E-state index contributed by atoms with van der Waals surface area (Å²) in [6, 6.07) is 4.09. The quantitative estimate of drug-likeness (QED) is 0.672. The highest BCUT2D eigenvalue weighted by Crippen LogP contribution is 2.43. The van der Waals surface area contributed by atoms with Crippen LogP contribution in [-0.4, -0.2) is 6.10 Å². The first-order chi connectivity index (χ1) is 7.65. The lowest BCUT2D eigenvalue weighted by atomic mass is 9.89. The van der Waals surface area contributed by atoms with E-state index in [-0.39, 0.29) is 6.10 Å². The third kappa shape index (κ3) is 1.26. The number of aryl methyl sites for hydroxylation is 1. The molecule has 1 aromatic carbocycles. The summed E-state index contributed by atoms with van der Waals surface area (Å²) in [5, 5.41) is 0. The van der Waals surface area contributed by atoms with Gasteiger partial charge >= 0.3 is 0 Å². The molecular formula is C14H15NO. The molecule has 2 aliphatic rings. The van der Waals surface area contributed by atoms with Gasteiger partial charge in [0, 0.05) is 17.2 Å². The van der Waals surface area contributed by atoms with E-state index >= 15 is 0 Å². The number of hydrogen-bond donors (Lipinski definition) is 1. The zero-order valence-corrected chi connectivity index (χ0v) is 9.53. The monoisotopic (exact) mass is 213 g/mol. The molecule has 1 aliphatic carbocycles. The van der Waals surface area contributed by atoms with Crippen LogP contribution in [0, 0.1) is 6.92 Å². The van der Waals surface area contributed by atoms with Crippen molar-refractivity contribution in [1.82, 2.24) is 0 Å². The van der Waals surface area contributed by atoms with Gasteiger partial charge in [0.2, 0.25) is 0 Å². The summed E-state index contributed by atoms with van der Waals surface area (Å²) in [6.07, 6.45) is 6.69. The van der Waals surface area contributed by atoms with Gasteiger partial charge in [-0.2, -0.15) is 0 Å². The van der Waals surface area contributed by atoms with E-state index in [4.69, 9.17) is 10.5 Å². The summed E-state index contributed by atoms with van der Waals surface area (Å²) < 4.78 is 5.93. The summed E-state index contributed by atoms with van der Waals surface area (Å²) in [7, 11) is 0. The minimum Gasteiger partial charge on any atom is -0.485 e. The third-order valence-corrected chi connectivity index (χ3v) is 3.37. The first kappa shape index (κ1) is 9.52. The van der Waals surface area contributed by atoms with Gasteiger partial charge in [-0.15, -0.1) is 0 Å². The molecule has 2 unspecified atom stereocenters. The van der Waals surface area contributed by atoms with Crippen molar-refractivity contribution < 1.29 is 4.74 Å². The van der Waals surface area contributed by atoms with Gasteiger partial charge in [-0.1, -0.05) is 17.7 Å². The number of benzene rings is 1. The minimum atomic E-state index is 0.154. The Morgan fingerprint density at radius 3 is 2.88 bits per heavy atom. The molecule has 3 rings (SSSR count). The maximum Gasteiger partial charge on any atom is 0.128 e. The molecule has 2 N–H and O–H groups in total. The molecule has 1 heterocycles. The second-order valence-electron chi connectivity index (χ2n) is 4.62. The maximum absolute atomic E-state index is 5.95. The Labute approximate surface area is 95.4 Å². The van der Waals surface area contributed by atoms with Crippen LogP contribution in [0.3, 0.4) is 0 Å². The van der Waals surface area contributed by atoms with Crippen molar-refractivity contribution >= 4 is 5.69 Å². The van der Waals surface area contributed by atoms with Crippen molar-refractivity contribution in [2.24, 2.45) is 0 Å². The van der Waals surface area contributed by atoms with Crippen LogP contribution in [0.1, 0.15) is 24.0 Å². The molecule has 2 heteroatoms. The van der Waals surface area contributed by atoms with Gasteiger partial charge in [-0.3, -0.25) is 0 Å². The first-order valence-corrected chi connectivity index (χ1v) is 5.58. The molecule has 16 heavy (non-hydrogen) atoms. The van der Waals surface area contributed by atoms with Crippen LogP contribution in [0.25, 0.3) is 0 Å². The Morgan fingerprint density at radius 2 is 2.06 bits per heavy atom. The SMILES string of the molecule is CC1=CC2Oc3cc(C)c(N)cc3C2C=C1. The van der Waals surface area contributed by atoms with Crippen LogP contribution in [0.4, 0.5) is 5.69 Å². The second-order valence-corrected chi connectivity index (χ2v) is 4.62. The number of ether oxygens (including phenoxy) is 1. The molecule has 0 spiro atoms. The Hall–Kier alpha value is -1.70. The van der Waals surface area contributed by atoms with Gasteiger partial charge < -0.3 is 10.5 Å². The molecule has 0 saturated heterocycles. The molecule has 0 saturated carbocycles. The van der Waals surface area contributed by atoms with Crippen molar-refractivity contribution in [3.63, 3.8) is 0 Å². The summed E-state index contributed by atoms with van der Waals surface area (Å²) in [5.74, 6) is 1.32. The average molecular weight is 213 g/mol. The van der Waals surface area contributed by atoms with Crippen molar-refractivity contribution in [2.75, 3.05) is 5.73 Å². The van der Waals surface area contributed by atoms with E-state index in [0.717, 1.165) is 17.0 Å². The van der Waals surface area contributed by atoms with Crippen LogP contribution in [-0.2, 0) is 0 Å². The smallest absolute Gasteiger partial charge is 0.128 e. The highest BCUT2D eigenvalue weighted by Gasteiger charge is 2.33. The van der Waals surface area contributed by atoms with E-state index < -0.39 is 0 Å². The molecule has 2 nitrogen and oxygen atoms in total. The van der Waals surface area contributed by atoms with Gasteiger partial charge in [0.25, 0.3) is 0 Å². The first-order valence-electron chi connectivity index (χ1n) is 5.58. The molecule has 0 fully saturated rings. The van der Waals surface area contributed by atoms with E-state index in [9.17, 15) is 0 Å². The van der Waals surface area contributed by atoms with Crippen molar-refractivity contribution in [3.8, 4) is 5.75 Å². The molecule has 82 valence electrons. The molecule has 0 radical (unpaired) electrons. The zero-order chi connectivity index (χ0) is 11.3. The van der Waals surface area contributed by atoms with Crippen molar-refractivity contribution in [2.45, 2.75) is 25.9 Å². The number of hydrogen-bond acceptors (Lipinski definition) is 2. The highest BCUT2D eigenvalue weighted by molar-refractivity contribution is 5.59. The second kappa shape index (κ2) is 3.14. The van der Waals surface area contributed by atoms with Gasteiger partial charge in [0.05, 0.1) is 0 Å². The van der Waals surface area contributed by atoms with Crippen LogP contribution in [0.2, 0.25) is 0 Å². The molecule has 0 amide bonds. The maximum atomic E-state index is 5.95. The molecule has 0 aromatic heterocycles. The molecular weight excluding hydrogens is 198 g/mol. The molecule has 1 aromatic rings. The Kier molecular flexibility index (Phi) is 1.87. The van der Waals surface area contributed by atoms with Crippen LogP contribution in [0.15, 0.2) is 35.9 Å². The lowest BCUT2D eigenvalue weighted by Crippen LogP contribution is -2.16. The number of anilines is 1. The fraction of sp³-hybridized carbons (Fsp3) is 0.286. The van der Waals surface area contributed by atoms with Gasteiger partial charge in [-0.25, -0.2) is 0 Å². The van der Waals surface area contributed by atoms with E-state index in [1.165, 1.54) is 11.1 Å². The van der Waals surface area contributed by atoms with Gasteiger partial charge in [0.1, 0.15) is 11.9 Å². The van der Waals surface area contributed by atoms with E-state index in [0.29, 0.717) is 5.92 Å². The normalized spacial score (nSPS) is 25.8. The van der Waals surface area contributed by atoms with Crippen LogP contribution < -0.4 is 10.5 Å². The molecule has 2 atom stereocenters. The van der Waals surface area contributed by atoms with Gasteiger partial charge in [0.15, 0.2) is 0 Å². The summed E-state index contributed by atoms with van der Waals surface area (Å²) in [4.78, 5) is 0. The standard InChI is InChI=1S/C14H15NO/c1-8-3-4-10-11-7-12(15)9(2)6-14(11)16-13(10)5-8/h3-7,10,13H,15H2,1-2H3. The average Bonchev–Trinajstić information content (AvgIpc) is 2.55. The van der Waals surface area contributed by atoms with Crippen LogP contribution >= 0.6 is 0 Å². The van der Waals surface area contributed by atoms with Gasteiger partial charge in [-0.05, 0) is 37.6 Å². The largest absolute Gasteiger partial charge is 0.485 e. The number of nitrogen functional groups attached to an aromatic ring is 1. The van der Waals surface area contributed by atoms with Crippen molar-refractivity contribution in [3.05, 3.63) is 47.1 Å². The zero-order valence-electron chi connectivity index (χ0n) is 9.53. The van der Waals surface area contributed by atoms with E-state index in [2.05, 4.69) is 25.2 Å². The van der Waals surface area contributed by atoms with E-state index in [1.54, 1.807) is 0 Å². The topological polar surface area (TPSA) is 35.2 Å². The minimum absolute atomic E-state index is 0.154. The number of fused-ring (bicyclic) bond motifs is 3. The number of allylic oxidation sites excluding steroid dienone is 2. The fourth-order valence-corrected chi connectivity index (χ4v) is 2.40. The molecule has 1 aliphatic heterocycles. The summed E-state index contributed by atoms with van der Waals surface area (Å²) >= 11 is 0. The Morgan fingerprint density at radius 1 is 1.25 bits per heavy atom. The lowest BCUT2D eigenvalue weighted by Gasteiger charge is -2.16. The number of nitrogens with two attached hydrogens (primary N) is 1. The van der Waals surface area contributed by atoms with E-state index in [1.807, 2.05) is 19.1 Å². The predicted molar refractivity (Wildman–Crippen MR) is 65.6 cm³/mol. The van der Waals surface area contributed by atoms with Crippen LogP contribution in [0.5, 0.6) is 5.75 Å². The summed E-state index contributed by atoms with van der Waals surface area (Å²) in [6.45, 7) is 4.11. The lowest BCUT2D eigenvalue weighted by molar-refractivity contribution is 0.268. The van der Waals surface area contributed by atoms with Crippen molar-refractivity contribution in [1.29, 1.82) is 0 Å². The highest BCUT2D eigenvalue weighted by atomic mass is 16.5. The number of rotatable bonds is 0. The Bertz CT molecular complexity index is 514. The molecule has 0 bridgehead atoms. The Balaban J connectivity index is 2.10. The predicted octanol–water partition coefficient (Wildman–Crippen LogP) is 2.94. The third-order valence-electron chi connectivity index (χ3n) is 3.37. The summed E-state index contributed by atoms with van der Waals surface area (Å²) in [5.41, 5.74) is 10.4.